The zero-order chi connectivity index (χ0) is 17.2. The summed E-state index contributed by atoms with van der Waals surface area (Å²) in [5.74, 6) is -0.935. The highest BCUT2D eigenvalue weighted by Crippen LogP contribution is 2.14. The highest BCUT2D eigenvalue weighted by Gasteiger charge is 2.15. The van der Waals surface area contributed by atoms with Gasteiger partial charge in [0.15, 0.2) is 0 Å². The van der Waals surface area contributed by atoms with Gasteiger partial charge in [0.2, 0.25) is 5.91 Å². The molecule has 0 unspecified atom stereocenters. The monoisotopic (exact) mass is 323 g/mol. The van der Waals surface area contributed by atoms with Crippen molar-refractivity contribution in [3.8, 4) is 5.75 Å². The zero-order valence-corrected chi connectivity index (χ0v) is 13.2. The second kappa shape index (κ2) is 9.42. The van der Waals surface area contributed by atoms with Crippen LogP contribution in [0.4, 0.5) is 10.5 Å². The predicted molar refractivity (Wildman–Crippen MR) is 84.5 cm³/mol. The van der Waals surface area contributed by atoms with E-state index in [0.717, 1.165) is 0 Å². The van der Waals surface area contributed by atoms with E-state index in [0.29, 0.717) is 24.4 Å². The van der Waals surface area contributed by atoms with Crippen molar-refractivity contribution in [3.63, 3.8) is 0 Å². The zero-order valence-electron chi connectivity index (χ0n) is 13.2. The summed E-state index contributed by atoms with van der Waals surface area (Å²) in [6.07, 6.45) is 0.707. The lowest BCUT2D eigenvalue weighted by molar-refractivity contribution is -0.138. The first-order valence-electron chi connectivity index (χ1n) is 7.13. The Hall–Kier alpha value is -2.61. The Morgan fingerprint density at radius 3 is 2.35 bits per heavy atom. The molecule has 0 aromatic heterocycles. The quantitative estimate of drug-likeness (QED) is 0.662. The number of hydrogen-bond acceptors (Lipinski definition) is 5. The maximum Gasteiger partial charge on any atom is 0.325 e. The van der Waals surface area contributed by atoms with Crippen LogP contribution >= 0.6 is 0 Å². The Bertz CT molecular complexity index is 545. The van der Waals surface area contributed by atoms with Crippen LogP contribution in [0.5, 0.6) is 5.75 Å². The van der Waals surface area contributed by atoms with Gasteiger partial charge in [0, 0.05) is 5.69 Å². The van der Waals surface area contributed by atoms with Gasteiger partial charge in [-0.25, -0.2) is 4.79 Å². The van der Waals surface area contributed by atoms with Gasteiger partial charge in [-0.1, -0.05) is 6.92 Å². The second-order valence-electron chi connectivity index (χ2n) is 4.84. The summed E-state index contributed by atoms with van der Waals surface area (Å²) in [6, 6.07) is 5.94. The highest BCUT2D eigenvalue weighted by atomic mass is 16.5. The number of aliphatic carboxylic acids is 1. The third-order valence-corrected chi connectivity index (χ3v) is 2.87. The number of carbonyl (C=O) groups is 3. The minimum Gasteiger partial charge on any atom is -0.497 e. The van der Waals surface area contributed by atoms with E-state index in [4.69, 9.17) is 9.84 Å². The summed E-state index contributed by atoms with van der Waals surface area (Å²) in [5.41, 5.74) is 0.507. The molecule has 1 aromatic rings. The molecule has 0 spiro atoms. The number of nitrogens with zero attached hydrogens (tertiary/aromatic N) is 1. The molecule has 0 aliphatic carbocycles. The number of carbonyl (C=O) groups excluding carboxylic acids is 2. The molecule has 1 aromatic carbocycles. The van der Waals surface area contributed by atoms with Crippen LogP contribution in [0.1, 0.15) is 13.3 Å². The van der Waals surface area contributed by atoms with E-state index in [1.54, 1.807) is 24.3 Å². The third kappa shape index (κ3) is 7.28. The summed E-state index contributed by atoms with van der Waals surface area (Å²) >= 11 is 0. The molecule has 0 atom stereocenters. The first kappa shape index (κ1) is 18.4. The van der Waals surface area contributed by atoms with Crippen molar-refractivity contribution in [1.29, 1.82) is 0 Å². The number of benzene rings is 1. The largest absolute Gasteiger partial charge is 0.497 e. The fraction of sp³-hybridized carbons (Fsp3) is 0.400. The summed E-state index contributed by atoms with van der Waals surface area (Å²) in [6.45, 7) is 1.93. The van der Waals surface area contributed by atoms with Crippen LogP contribution in [-0.2, 0) is 9.59 Å². The smallest absolute Gasteiger partial charge is 0.325 e. The SMILES string of the molecule is CCCN(CC(=O)O)CC(=O)NC(=O)Nc1ccc(OC)cc1. The Morgan fingerprint density at radius 2 is 1.83 bits per heavy atom. The summed E-state index contributed by atoms with van der Waals surface area (Å²) in [7, 11) is 1.53. The molecule has 0 aliphatic rings. The molecule has 0 aliphatic heterocycles. The van der Waals surface area contributed by atoms with E-state index in [-0.39, 0.29) is 13.1 Å². The second-order valence-corrected chi connectivity index (χ2v) is 4.84. The maximum atomic E-state index is 11.8. The van der Waals surface area contributed by atoms with Gasteiger partial charge in [0.25, 0.3) is 0 Å². The Morgan fingerprint density at radius 1 is 1.17 bits per heavy atom. The first-order chi connectivity index (χ1) is 10.9. The number of anilines is 1. The van der Waals surface area contributed by atoms with Crippen LogP contribution < -0.4 is 15.4 Å². The number of hydrogen-bond donors (Lipinski definition) is 3. The first-order valence-corrected chi connectivity index (χ1v) is 7.13. The van der Waals surface area contributed by atoms with E-state index in [1.807, 2.05) is 6.92 Å². The average molecular weight is 323 g/mol. The van der Waals surface area contributed by atoms with Crippen LogP contribution in [0.15, 0.2) is 24.3 Å². The molecular formula is C15H21N3O5. The minimum absolute atomic E-state index is 0.157. The van der Waals surface area contributed by atoms with Gasteiger partial charge in [-0.2, -0.15) is 0 Å². The predicted octanol–water partition coefficient (Wildman–Crippen LogP) is 1.14. The van der Waals surface area contributed by atoms with E-state index in [9.17, 15) is 14.4 Å². The molecule has 0 fully saturated rings. The number of urea groups is 1. The fourth-order valence-corrected chi connectivity index (χ4v) is 1.93. The van der Waals surface area contributed by atoms with Crippen LogP contribution in [-0.4, -0.2) is 54.7 Å². The van der Waals surface area contributed by atoms with Crippen molar-refractivity contribution in [2.45, 2.75) is 13.3 Å². The standard InChI is InChI=1S/C15H21N3O5/c1-3-8-18(10-14(20)21)9-13(19)17-15(22)16-11-4-6-12(23-2)7-5-11/h4-7H,3,8-10H2,1-2H3,(H,20,21)(H2,16,17,19,22). The van der Waals surface area contributed by atoms with Gasteiger partial charge in [-0.05, 0) is 37.2 Å². The van der Waals surface area contributed by atoms with E-state index < -0.39 is 17.9 Å². The van der Waals surface area contributed by atoms with E-state index >= 15 is 0 Å². The number of carboxylic acids is 1. The molecule has 0 saturated heterocycles. The number of carboxylic acid groups (broad SMARTS) is 1. The van der Waals surface area contributed by atoms with Gasteiger partial charge in [-0.15, -0.1) is 0 Å². The van der Waals surface area contributed by atoms with E-state index in [1.165, 1.54) is 12.0 Å². The molecule has 1 rings (SSSR count). The topological polar surface area (TPSA) is 108 Å². The number of methoxy groups -OCH3 is 1. The number of ether oxygens (including phenoxy) is 1. The van der Waals surface area contributed by atoms with Gasteiger partial charge < -0.3 is 15.2 Å². The molecule has 8 nitrogen and oxygen atoms in total. The number of amides is 3. The van der Waals surface area contributed by atoms with Gasteiger partial charge in [-0.3, -0.25) is 19.8 Å². The lowest BCUT2D eigenvalue weighted by Gasteiger charge is -2.18. The summed E-state index contributed by atoms with van der Waals surface area (Å²) in [4.78, 5) is 35.7. The van der Waals surface area contributed by atoms with Crippen LogP contribution in [0.2, 0.25) is 0 Å². The molecule has 3 N–H and O–H groups in total. The van der Waals surface area contributed by atoms with Crippen molar-refractivity contribution in [3.05, 3.63) is 24.3 Å². The molecule has 126 valence electrons. The normalized spacial score (nSPS) is 10.2. The van der Waals surface area contributed by atoms with Crippen LogP contribution in [0, 0.1) is 0 Å². The molecule has 8 heteroatoms. The van der Waals surface area contributed by atoms with Gasteiger partial charge >= 0.3 is 12.0 Å². The Kier molecular flexibility index (Phi) is 7.55. The molecular weight excluding hydrogens is 302 g/mol. The fourth-order valence-electron chi connectivity index (χ4n) is 1.93. The highest BCUT2D eigenvalue weighted by molar-refractivity contribution is 6.01. The molecule has 0 heterocycles. The Balaban J connectivity index is 2.48. The molecule has 23 heavy (non-hydrogen) atoms. The molecule has 0 saturated carbocycles. The van der Waals surface area contributed by atoms with Gasteiger partial charge in [0.05, 0.1) is 20.2 Å². The number of nitrogens with one attached hydrogen (secondary N) is 2. The van der Waals surface area contributed by atoms with Crippen molar-refractivity contribution in [2.24, 2.45) is 0 Å². The maximum absolute atomic E-state index is 11.8. The summed E-state index contributed by atoms with van der Waals surface area (Å²) < 4.78 is 5.00. The Labute approximate surface area is 134 Å². The van der Waals surface area contributed by atoms with Crippen molar-refractivity contribution < 1.29 is 24.2 Å². The molecule has 0 bridgehead atoms. The van der Waals surface area contributed by atoms with Crippen LogP contribution in [0.3, 0.4) is 0 Å². The van der Waals surface area contributed by atoms with Crippen molar-refractivity contribution >= 4 is 23.6 Å². The lowest BCUT2D eigenvalue weighted by Crippen LogP contribution is -2.43. The van der Waals surface area contributed by atoms with E-state index in [2.05, 4.69) is 10.6 Å². The summed E-state index contributed by atoms with van der Waals surface area (Å²) in [5, 5.41) is 13.5. The average Bonchev–Trinajstić information content (AvgIpc) is 2.47. The van der Waals surface area contributed by atoms with Crippen molar-refractivity contribution in [2.75, 3.05) is 32.1 Å². The number of imide groups is 1. The number of rotatable bonds is 8. The minimum atomic E-state index is -1.02. The lowest BCUT2D eigenvalue weighted by atomic mass is 10.3. The third-order valence-electron chi connectivity index (χ3n) is 2.87. The van der Waals surface area contributed by atoms with Crippen LogP contribution in [0.25, 0.3) is 0 Å². The molecule has 0 radical (unpaired) electrons. The molecule has 3 amide bonds. The van der Waals surface area contributed by atoms with Gasteiger partial charge in [0.1, 0.15) is 5.75 Å². The van der Waals surface area contributed by atoms with Crippen molar-refractivity contribution in [1.82, 2.24) is 10.2 Å².